The largest absolute Gasteiger partial charge is 0.497 e. The van der Waals surface area contributed by atoms with Crippen molar-refractivity contribution in [3.8, 4) is 0 Å². The summed E-state index contributed by atoms with van der Waals surface area (Å²) in [5.74, 6) is 2.05. The van der Waals surface area contributed by atoms with E-state index in [4.69, 9.17) is 4.74 Å². The summed E-state index contributed by atoms with van der Waals surface area (Å²) in [6.07, 6.45) is 12.3. The van der Waals surface area contributed by atoms with Gasteiger partial charge in [-0.05, 0) is 30.6 Å². The van der Waals surface area contributed by atoms with Crippen LogP contribution in [0.5, 0.6) is 0 Å². The lowest BCUT2D eigenvalue weighted by Crippen LogP contribution is -2.30. The molecule has 1 aromatic heterocycles. The van der Waals surface area contributed by atoms with Crippen LogP contribution in [0.3, 0.4) is 0 Å². The van der Waals surface area contributed by atoms with Crippen LogP contribution >= 0.6 is 0 Å². The molecule has 1 unspecified atom stereocenters. The Bertz CT molecular complexity index is 726. The highest BCUT2D eigenvalue weighted by Gasteiger charge is 2.26. The summed E-state index contributed by atoms with van der Waals surface area (Å²) in [7, 11) is 1.58. The number of methoxy groups -OCH3 is 1. The van der Waals surface area contributed by atoms with Gasteiger partial charge in [0, 0.05) is 5.92 Å². The zero-order valence-corrected chi connectivity index (χ0v) is 15.8. The molecule has 1 saturated carbocycles. The number of anilines is 1. The third-order valence-corrected chi connectivity index (χ3v) is 4.36. The molecule has 1 aliphatic heterocycles. The highest BCUT2D eigenvalue weighted by atomic mass is 16.5. The molecule has 140 valence electrons. The second kappa shape index (κ2) is 9.08. The average Bonchev–Trinajstić information content (AvgIpc) is 3.00. The van der Waals surface area contributed by atoms with Crippen molar-refractivity contribution in [3.05, 3.63) is 54.7 Å². The zero-order valence-electron chi connectivity index (χ0n) is 15.8. The van der Waals surface area contributed by atoms with E-state index in [1.54, 1.807) is 24.1 Å². The Labute approximate surface area is 155 Å². The van der Waals surface area contributed by atoms with Gasteiger partial charge in [-0.2, -0.15) is 0 Å². The maximum absolute atomic E-state index is 12.0. The van der Waals surface area contributed by atoms with Gasteiger partial charge in [-0.15, -0.1) is 0 Å². The summed E-state index contributed by atoms with van der Waals surface area (Å²) >= 11 is 0. The molecule has 3 rings (SSSR count). The number of ether oxygens (including phenoxy) is 1. The molecule has 6 nitrogen and oxygen atoms in total. The molecule has 0 radical (unpaired) electrons. The molecule has 0 bridgehead atoms. The number of hydrogen-bond acceptors (Lipinski definition) is 4. The number of amides is 1. The average molecular weight is 356 g/mol. The Hall–Kier alpha value is -2.76. The summed E-state index contributed by atoms with van der Waals surface area (Å²) < 4.78 is 6.89. The smallest absolute Gasteiger partial charge is 0.228 e. The molecular weight excluding hydrogens is 328 g/mol. The van der Waals surface area contributed by atoms with Crippen molar-refractivity contribution in [3.63, 3.8) is 0 Å². The molecule has 1 aliphatic carbocycles. The highest BCUT2D eigenvalue weighted by molar-refractivity contribution is 5.92. The standard InChI is InChI=1S/C18H22N4O2.C2H6/c1-4-13(10-12(2)24-3)15-8-9-17-19-16(11-22(17)21-15)20-18(23)14-6-5-7-14;1-2/h4,8-11,14-15,21H,1-2,5-7H2,3H3,(H,20,23);1-2H3/b13-10+;. The first-order valence-corrected chi connectivity index (χ1v) is 9.02. The normalized spacial score (nSPS) is 18.4. The van der Waals surface area contributed by atoms with E-state index in [1.165, 1.54) is 0 Å². The molecule has 26 heavy (non-hydrogen) atoms. The maximum Gasteiger partial charge on any atom is 0.228 e. The van der Waals surface area contributed by atoms with E-state index in [0.29, 0.717) is 11.6 Å². The lowest BCUT2D eigenvalue weighted by molar-refractivity contribution is -0.122. The predicted molar refractivity (Wildman–Crippen MR) is 106 cm³/mol. The number of nitrogens with zero attached hydrogens (tertiary/aromatic N) is 2. The van der Waals surface area contributed by atoms with Gasteiger partial charge in [-0.25, -0.2) is 9.66 Å². The van der Waals surface area contributed by atoms with Crippen molar-refractivity contribution in [1.29, 1.82) is 0 Å². The number of carbonyl (C=O) groups excluding carboxylic acids is 1. The molecule has 2 heterocycles. The summed E-state index contributed by atoms with van der Waals surface area (Å²) in [5.41, 5.74) is 4.24. The van der Waals surface area contributed by atoms with Gasteiger partial charge in [0.1, 0.15) is 5.76 Å². The monoisotopic (exact) mass is 356 g/mol. The predicted octanol–water partition coefficient (Wildman–Crippen LogP) is 3.86. The van der Waals surface area contributed by atoms with Crippen molar-refractivity contribution in [2.75, 3.05) is 17.9 Å². The molecule has 6 heteroatoms. The van der Waals surface area contributed by atoms with Crippen molar-refractivity contribution < 1.29 is 9.53 Å². The van der Waals surface area contributed by atoms with Gasteiger partial charge in [-0.3, -0.25) is 4.79 Å². The second-order valence-corrected chi connectivity index (χ2v) is 5.96. The first kappa shape index (κ1) is 19.6. The highest BCUT2D eigenvalue weighted by Crippen LogP contribution is 2.27. The fourth-order valence-corrected chi connectivity index (χ4v) is 2.66. The summed E-state index contributed by atoms with van der Waals surface area (Å²) in [5, 5.41) is 2.89. The number of carbonyl (C=O) groups is 1. The minimum Gasteiger partial charge on any atom is -0.497 e. The van der Waals surface area contributed by atoms with Gasteiger partial charge >= 0.3 is 0 Å². The van der Waals surface area contributed by atoms with Crippen LogP contribution in [0.1, 0.15) is 38.9 Å². The Morgan fingerprint density at radius 2 is 2.19 bits per heavy atom. The molecule has 1 aromatic rings. The van der Waals surface area contributed by atoms with E-state index in [1.807, 2.05) is 32.1 Å². The van der Waals surface area contributed by atoms with Gasteiger partial charge in [0.05, 0.1) is 19.3 Å². The van der Waals surface area contributed by atoms with Gasteiger partial charge in [0.15, 0.2) is 11.6 Å². The van der Waals surface area contributed by atoms with Crippen LogP contribution in [-0.4, -0.2) is 28.7 Å². The third-order valence-electron chi connectivity index (χ3n) is 4.36. The van der Waals surface area contributed by atoms with E-state index >= 15 is 0 Å². The van der Waals surface area contributed by atoms with E-state index in [-0.39, 0.29) is 17.9 Å². The summed E-state index contributed by atoms with van der Waals surface area (Å²) in [6, 6.07) is -0.0775. The molecule has 1 atom stereocenters. The lowest BCUT2D eigenvalue weighted by atomic mass is 9.85. The molecular formula is C20H28N4O2. The number of rotatable bonds is 6. The Morgan fingerprint density at radius 3 is 2.77 bits per heavy atom. The maximum atomic E-state index is 12.0. The van der Waals surface area contributed by atoms with Gasteiger partial charge in [-0.1, -0.05) is 45.6 Å². The van der Waals surface area contributed by atoms with Gasteiger partial charge in [0.25, 0.3) is 0 Å². The van der Waals surface area contributed by atoms with Gasteiger partial charge < -0.3 is 15.5 Å². The van der Waals surface area contributed by atoms with Crippen LogP contribution in [-0.2, 0) is 9.53 Å². The minimum absolute atomic E-state index is 0.0558. The molecule has 0 spiro atoms. The van der Waals surface area contributed by atoms with Crippen LogP contribution in [0.25, 0.3) is 6.08 Å². The third kappa shape index (κ3) is 4.45. The first-order chi connectivity index (χ1) is 12.6. The second-order valence-electron chi connectivity index (χ2n) is 5.96. The van der Waals surface area contributed by atoms with Crippen molar-refractivity contribution in [1.82, 2.24) is 9.66 Å². The van der Waals surface area contributed by atoms with Crippen molar-refractivity contribution in [2.24, 2.45) is 5.92 Å². The van der Waals surface area contributed by atoms with Crippen LogP contribution in [0.15, 0.2) is 48.9 Å². The Balaban J connectivity index is 0.00000117. The fraction of sp³-hybridized carbons (Fsp3) is 0.400. The van der Waals surface area contributed by atoms with E-state index < -0.39 is 0 Å². The minimum atomic E-state index is -0.0775. The topological polar surface area (TPSA) is 68.2 Å². The number of fused-ring (bicyclic) bond motifs is 1. The van der Waals surface area contributed by atoms with E-state index in [0.717, 1.165) is 30.7 Å². The SMILES string of the molecule is C=C/C(=C\C(=C)OC)C1C=Cc2nc(NC(=O)C3CCC3)cn2N1.CC. The van der Waals surface area contributed by atoms with Crippen LogP contribution in [0.2, 0.25) is 0 Å². The quantitative estimate of drug-likeness (QED) is 0.600. The number of hydrogen-bond donors (Lipinski definition) is 2. The number of imidazole rings is 1. The molecule has 0 aromatic carbocycles. The lowest BCUT2D eigenvalue weighted by Gasteiger charge is -2.23. The number of allylic oxidation sites excluding steroid dienone is 1. The molecule has 2 aliphatic rings. The van der Waals surface area contributed by atoms with Crippen molar-refractivity contribution >= 4 is 17.8 Å². The Kier molecular flexibility index (Phi) is 6.83. The van der Waals surface area contributed by atoms with Crippen LogP contribution < -0.4 is 10.7 Å². The fourth-order valence-electron chi connectivity index (χ4n) is 2.66. The summed E-state index contributed by atoms with van der Waals surface area (Å²) in [6.45, 7) is 11.6. The molecule has 1 fully saturated rings. The van der Waals surface area contributed by atoms with E-state index in [9.17, 15) is 4.79 Å². The summed E-state index contributed by atoms with van der Waals surface area (Å²) in [4.78, 5) is 16.5. The van der Waals surface area contributed by atoms with E-state index in [2.05, 4.69) is 28.9 Å². The molecule has 0 saturated heterocycles. The van der Waals surface area contributed by atoms with Crippen molar-refractivity contribution in [2.45, 2.75) is 39.2 Å². The Morgan fingerprint density at radius 1 is 1.46 bits per heavy atom. The van der Waals surface area contributed by atoms with Crippen LogP contribution in [0.4, 0.5) is 5.82 Å². The molecule has 2 N–H and O–H groups in total. The zero-order chi connectivity index (χ0) is 19.1. The van der Waals surface area contributed by atoms with Crippen LogP contribution in [0, 0.1) is 5.92 Å². The number of aromatic nitrogens is 2. The molecule has 1 amide bonds. The van der Waals surface area contributed by atoms with Gasteiger partial charge in [0.2, 0.25) is 5.91 Å². The number of nitrogens with one attached hydrogen (secondary N) is 2. The first-order valence-electron chi connectivity index (χ1n) is 9.02.